The lowest BCUT2D eigenvalue weighted by molar-refractivity contribution is -0.117. The number of benzene rings is 2. The Bertz CT molecular complexity index is 1530. The highest BCUT2D eigenvalue weighted by Crippen LogP contribution is 2.35. The lowest BCUT2D eigenvalue weighted by Crippen LogP contribution is -2.46. The van der Waals surface area contributed by atoms with Crippen LogP contribution < -0.4 is 10.1 Å². The summed E-state index contributed by atoms with van der Waals surface area (Å²) in [5.41, 5.74) is 2.57. The number of amides is 2. The molecule has 2 amide bonds. The largest absolute Gasteiger partial charge is 0.492 e. The minimum Gasteiger partial charge on any atom is -0.492 e. The molecule has 1 aliphatic heterocycles. The van der Waals surface area contributed by atoms with Gasteiger partial charge >= 0.3 is 0 Å². The standard InChI is InChI=1S/C31H29N5O4S/c1-21(37)13-18-40-27-12-11-26-28-24(27)9-6-10-25(28)29(38)36(30(26)39)17-16-34-31(41)35(19-22-7-2-4-14-32-22)20-23-8-3-5-15-33-23/h2-12,14-15H,13,16-20H2,1H3,(H,34,41). The van der Waals surface area contributed by atoms with Gasteiger partial charge in [0.2, 0.25) is 0 Å². The van der Waals surface area contributed by atoms with Gasteiger partial charge in [-0.1, -0.05) is 24.3 Å². The molecular weight excluding hydrogens is 538 g/mol. The van der Waals surface area contributed by atoms with Gasteiger partial charge in [0.1, 0.15) is 11.5 Å². The molecule has 41 heavy (non-hydrogen) atoms. The second-order valence-corrected chi connectivity index (χ2v) is 10.0. The molecule has 9 nitrogen and oxygen atoms in total. The summed E-state index contributed by atoms with van der Waals surface area (Å²) in [6, 6.07) is 20.1. The number of hydrogen-bond acceptors (Lipinski definition) is 7. The number of nitrogens with zero attached hydrogens (tertiary/aromatic N) is 4. The molecule has 0 atom stereocenters. The first-order valence-electron chi connectivity index (χ1n) is 13.3. The Morgan fingerprint density at radius 1 is 0.902 bits per heavy atom. The molecule has 0 bridgehead atoms. The summed E-state index contributed by atoms with van der Waals surface area (Å²) in [6.07, 6.45) is 3.75. The molecule has 2 aromatic carbocycles. The normalized spacial score (nSPS) is 12.4. The molecule has 3 heterocycles. The second kappa shape index (κ2) is 12.6. The minimum atomic E-state index is -0.375. The first kappa shape index (κ1) is 27.9. The van der Waals surface area contributed by atoms with Crippen LogP contribution in [0.4, 0.5) is 0 Å². The van der Waals surface area contributed by atoms with Crippen LogP contribution in [0.25, 0.3) is 10.8 Å². The van der Waals surface area contributed by atoms with E-state index in [0.29, 0.717) is 45.9 Å². The lowest BCUT2D eigenvalue weighted by Gasteiger charge is -2.29. The summed E-state index contributed by atoms with van der Waals surface area (Å²) in [5, 5.41) is 4.91. The number of ether oxygens (including phenoxy) is 1. The molecule has 4 aromatic rings. The van der Waals surface area contributed by atoms with Crippen molar-refractivity contribution in [1.82, 2.24) is 25.1 Å². The smallest absolute Gasteiger partial charge is 0.261 e. The Morgan fingerprint density at radius 3 is 2.17 bits per heavy atom. The van der Waals surface area contributed by atoms with Crippen LogP contribution in [0, 0.1) is 0 Å². The number of rotatable bonds is 11. The fourth-order valence-electron chi connectivity index (χ4n) is 4.71. The number of carbonyl (C=O) groups is 3. The number of imide groups is 1. The topological polar surface area (TPSA) is 105 Å². The SMILES string of the molecule is CC(=O)CCOc1ccc2c3c(cccc13)C(=O)N(CCNC(=S)N(Cc1ccccn1)Cc1ccccn1)C2=O. The molecule has 1 aliphatic rings. The molecule has 0 spiro atoms. The third-order valence-electron chi connectivity index (χ3n) is 6.72. The monoisotopic (exact) mass is 567 g/mol. The van der Waals surface area contributed by atoms with Crippen molar-refractivity contribution in [2.75, 3.05) is 19.7 Å². The molecule has 0 aliphatic carbocycles. The quantitative estimate of drug-likeness (QED) is 0.211. The number of thiocarbonyl (C=S) groups is 1. The van der Waals surface area contributed by atoms with Crippen LogP contribution in [0.1, 0.15) is 45.4 Å². The third-order valence-corrected chi connectivity index (χ3v) is 7.12. The molecule has 0 fully saturated rings. The first-order chi connectivity index (χ1) is 19.9. The van der Waals surface area contributed by atoms with E-state index in [9.17, 15) is 14.4 Å². The van der Waals surface area contributed by atoms with E-state index < -0.39 is 0 Å². The van der Waals surface area contributed by atoms with Gasteiger partial charge in [-0.2, -0.15) is 0 Å². The van der Waals surface area contributed by atoms with Crippen LogP contribution in [0.2, 0.25) is 0 Å². The third kappa shape index (κ3) is 6.38. The van der Waals surface area contributed by atoms with Gasteiger partial charge in [-0.3, -0.25) is 29.3 Å². The number of aromatic nitrogens is 2. The number of ketones is 1. The number of Topliss-reactive ketones (excluding diaryl/α,β-unsaturated/α-hetero) is 1. The molecule has 2 aromatic heterocycles. The highest BCUT2D eigenvalue weighted by Gasteiger charge is 2.33. The van der Waals surface area contributed by atoms with Gasteiger partial charge in [-0.15, -0.1) is 0 Å². The van der Waals surface area contributed by atoms with Gasteiger partial charge in [-0.05, 0) is 61.6 Å². The summed E-state index contributed by atoms with van der Waals surface area (Å²) in [5.74, 6) is -0.187. The van der Waals surface area contributed by atoms with Gasteiger partial charge < -0.3 is 15.0 Å². The fourth-order valence-corrected chi connectivity index (χ4v) is 4.94. The Morgan fingerprint density at radius 2 is 1.56 bits per heavy atom. The number of nitrogens with one attached hydrogen (secondary N) is 1. The van der Waals surface area contributed by atoms with Crippen molar-refractivity contribution in [3.63, 3.8) is 0 Å². The fraction of sp³-hybridized carbons (Fsp3) is 0.226. The number of pyridine rings is 2. The summed E-state index contributed by atoms with van der Waals surface area (Å²) in [6.45, 7) is 3.08. The Hall–Kier alpha value is -4.70. The van der Waals surface area contributed by atoms with Crippen LogP contribution in [0.15, 0.2) is 79.1 Å². The van der Waals surface area contributed by atoms with Crippen molar-refractivity contribution in [3.05, 3.63) is 102 Å². The van der Waals surface area contributed by atoms with Crippen LogP contribution in [0.5, 0.6) is 5.75 Å². The molecule has 0 unspecified atom stereocenters. The summed E-state index contributed by atoms with van der Waals surface area (Å²) in [7, 11) is 0. The van der Waals surface area contributed by atoms with Crippen LogP contribution >= 0.6 is 12.2 Å². The summed E-state index contributed by atoms with van der Waals surface area (Å²) >= 11 is 5.72. The minimum absolute atomic E-state index is 0.0263. The molecule has 208 valence electrons. The predicted molar refractivity (Wildman–Crippen MR) is 158 cm³/mol. The summed E-state index contributed by atoms with van der Waals surface area (Å²) < 4.78 is 5.81. The average molecular weight is 568 g/mol. The molecule has 0 saturated heterocycles. The van der Waals surface area contributed by atoms with Crippen LogP contribution in [0.3, 0.4) is 0 Å². The maximum atomic E-state index is 13.5. The highest BCUT2D eigenvalue weighted by molar-refractivity contribution is 7.80. The zero-order valence-electron chi connectivity index (χ0n) is 22.6. The van der Waals surface area contributed by atoms with E-state index in [-0.39, 0.29) is 43.7 Å². The van der Waals surface area contributed by atoms with E-state index in [1.54, 1.807) is 36.7 Å². The van der Waals surface area contributed by atoms with Crippen molar-refractivity contribution in [1.29, 1.82) is 0 Å². The van der Waals surface area contributed by atoms with Crippen molar-refractivity contribution < 1.29 is 19.1 Å². The van der Waals surface area contributed by atoms with Gasteiger partial charge in [0.25, 0.3) is 11.8 Å². The zero-order valence-corrected chi connectivity index (χ0v) is 23.4. The van der Waals surface area contributed by atoms with E-state index in [1.807, 2.05) is 47.4 Å². The van der Waals surface area contributed by atoms with Crippen molar-refractivity contribution in [2.24, 2.45) is 0 Å². The first-order valence-corrected chi connectivity index (χ1v) is 13.7. The van der Waals surface area contributed by atoms with Crippen molar-refractivity contribution in [3.8, 4) is 5.75 Å². The van der Waals surface area contributed by atoms with Crippen LogP contribution in [-0.2, 0) is 17.9 Å². The van der Waals surface area contributed by atoms with E-state index in [4.69, 9.17) is 17.0 Å². The van der Waals surface area contributed by atoms with E-state index in [2.05, 4.69) is 15.3 Å². The number of hydrogen-bond donors (Lipinski definition) is 1. The maximum absolute atomic E-state index is 13.5. The van der Waals surface area contributed by atoms with Crippen molar-refractivity contribution >= 4 is 45.7 Å². The van der Waals surface area contributed by atoms with Gasteiger partial charge in [0.15, 0.2) is 5.11 Å². The molecule has 10 heteroatoms. The second-order valence-electron chi connectivity index (χ2n) is 9.63. The highest BCUT2D eigenvalue weighted by atomic mass is 32.1. The Kier molecular flexibility index (Phi) is 8.59. The molecule has 0 radical (unpaired) electrons. The molecule has 1 N–H and O–H groups in total. The average Bonchev–Trinajstić information content (AvgIpc) is 2.98. The Labute approximate surface area is 243 Å². The predicted octanol–water partition coefficient (Wildman–Crippen LogP) is 4.16. The van der Waals surface area contributed by atoms with Crippen LogP contribution in [-0.4, -0.2) is 62.2 Å². The van der Waals surface area contributed by atoms with E-state index in [0.717, 1.165) is 11.4 Å². The van der Waals surface area contributed by atoms with Crippen molar-refractivity contribution in [2.45, 2.75) is 26.4 Å². The zero-order chi connectivity index (χ0) is 28.8. The van der Waals surface area contributed by atoms with Gasteiger partial charge in [-0.25, -0.2) is 0 Å². The molecule has 5 rings (SSSR count). The van der Waals surface area contributed by atoms with Gasteiger partial charge in [0, 0.05) is 53.8 Å². The summed E-state index contributed by atoms with van der Waals surface area (Å²) in [4.78, 5) is 50.2. The Balaban J connectivity index is 1.28. The molecule has 0 saturated carbocycles. The lowest BCUT2D eigenvalue weighted by atomic mass is 9.93. The van der Waals surface area contributed by atoms with E-state index >= 15 is 0 Å². The van der Waals surface area contributed by atoms with Gasteiger partial charge in [0.05, 0.1) is 31.1 Å². The maximum Gasteiger partial charge on any atom is 0.261 e. The molecular formula is C31H29N5O4S. The number of carbonyl (C=O) groups excluding carboxylic acids is 3. The van der Waals surface area contributed by atoms with E-state index in [1.165, 1.54) is 11.8 Å².